The van der Waals surface area contributed by atoms with Gasteiger partial charge in [0.1, 0.15) is 11.5 Å². The van der Waals surface area contributed by atoms with Crippen molar-refractivity contribution in [1.29, 1.82) is 0 Å². The van der Waals surface area contributed by atoms with Crippen LogP contribution in [-0.2, 0) is 0 Å². The molecule has 1 heterocycles. The molecule has 1 fully saturated rings. The molecule has 2 N–H and O–H groups in total. The molecule has 3 rings (SSSR count). The van der Waals surface area contributed by atoms with Gasteiger partial charge in [-0.25, -0.2) is 0 Å². The number of methoxy groups -OCH3 is 1. The number of carbonyl (C=O) groups is 1. The van der Waals surface area contributed by atoms with Crippen molar-refractivity contribution in [3.63, 3.8) is 0 Å². The zero-order valence-electron chi connectivity index (χ0n) is 14.4. The summed E-state index contributed by atoms with van der Waals surface area (Å²) in [5.74, 6) is 0.156. The molecule has 0 aliphatic carbocycles. The number of rotatable bonds is 6. The summed E-state index contributed by atoms with van der Waals surface area (Å²) in [6, 6.07) is 14.6. The van der Waals surface area contributed by atoms with E-state index in [4.69, 9.17) is 4.74 Å². The molecule has 0 bridgehead atoms. The molecule has 132 valence electrons. The van der Waals surface area contributed by atoms with Crippen LogP contribution in [0.15, 0.2) is 48.5 Å². The van der Waals surface area contributed by atoms with E-state index in [9.17, 15) is 9.90 Å². The molecule has 5 nitrogen and oxygen atoms in total. The maximum absolute atomic E-state index is 12.7. The topological polar surface area (TPSA) is 61.8 Å². The van der Waals surface area contributed by atoms with Crippen molar-refractivity contribution in [2.24, 2.45) is 0 Å². The third-order valence-electron chi connectivity index (χ3n) is 4.60. The number of likely N-dealkylation sites (tertiary alicyclic amines) is 1. The Morgan fingerprint density at radius 1 is 1.20 bits per heavy atom. The van der Waals surface area contributed by atoms with Crippen molar-refractivity contribution in [2.45, 2.75) is 18.9 Å². The lowest BCUT2D eigenvalue weighted by molar-refractivity contribution is 0.0924. The van der Waals surface area contributed by atoms with Crippen LogP contribution in [0, 0.1) is 0 Å². The molecule has 1 aliphatic rings. The molecule has 0 radical (unpaired) electrons. The highest BCUT2D eigenvalue weighted by molar-refractivity contribution is 5.97. The van der Waals surface area contributed by atoms with Gasteiger partial charge in [0.25, 0.3) is 5.91 Å². The van der Waals surface area contributed by atoms with E-state index in [0.29, 0.717) is 5.75 Å². The van der Waals surface area contributed by atoms with Crippen LogP contribution in [-0.4, -0.2) is 42.7 Å². The van der Waals surface area contributed by atoms with Crippen molar-refractivity contribution in [1.82, 2.24) is 10.2 Å². The molecule has 0 saturated carbocycles. The molecule has 5 heteroatoms. The standard InChI is InChI=1S/C20H24N2O3/c1-25-16-9-10-17(19(23)13-16)20(24)21-18(14-22-11-5-6-12-22)15-7-3-2-4-8-15/h2-4,7-10,13,18,23H,5-6,11-12,14H2,1H3,(H,21,24). The van der Waals surface area contributed by atoms with Gasteiger partial charge in [-0.3, -0.25) is 4.79 Å². The van der Waals surface area contributed by atoms with Crippen molar-refractivity contribution < 1.29 is 14.6 Å². The van der Waals surface area contributed by atoms with Crippen molar-refractivity contribution in [2.75, 3.05) is 26.7 Å². The fourth-order valence-corrected chi connectivity index (χ4v) is 3.21. The Morgan fingerprint density at radius 3 is 2.56 bits per heavy atom. The van der Waals surface area contributed by atoms with Gasteiger partial charge in [0, 0.05) is 12.6 Å². The van der Waals surface area contributed by atoms with Crippen molar-refractivity contribution in [3.8, 4) is 11.5 Å². The van der Waals surface area contributed by atoms with E-state index >= 15 is 0 Å². The Kier molecular flexibility index (Phi) is 5.56. The first-order valence-electron chi connectivity index (χ1n) is 8.62. The van der Waals surface area contributed by atoms with Crippen LogP contribution in [0.5, 0.6) is 11.5 Å². The summed E-state index contributed by atoms with van der Waals surface area (Å²) >= 11 is 0. The molecule has 25 heavy (non-hydrogen) atoms. The molecular weight excluding hydrogens is 316 g/mol. The third-order valence-corrected chi connectivity index (χ3v) is 4.60. The fourth-order valence-electron chi connectivity index (χ4n) is 3.21. The minimum atomic E-state index is -0.284. The number of ether oxygens (including phenoxy) is 1. The van der Waals surface area contributed by atoms with Crippen LogP contribution in [0.4, 0.5) is 0 Å². The number of aromatic hydroxyl groups is 1. The Morgan fingerprint density at radius 2 is 1.92 bits per heavy atom. The lowest BCUT2D eigenvalue weighted by Crippen LogP contribution is -2.37. The second-order valence-electron chi connectivity index (χ2n) is 6.33. The zero-order chi connectivity index (χ0) is 17.6. The first-order chi connectivity index (χ1) is 12.2. The predicted octanol–water partition coefficient (Wildman–Crippen LogP) is 2.97. The molecular formula is C20H24N2O3. The van der Waals surface area contributed by atoms with Crippen LogP contribution in [0.25, 0.3) is 0 Å². The van der Waals surface area contributed by atoms with Gasteiger partial charge < -0.3 is 20.1 Å². The SMILES string of the molecule is COc1ccc(C(=O)NC(CN2CCCC2)c2ccccc2)c(O)c1. The van der Waals surface area contributed by atoms with E-state index in [-0.39, 0.29) is 23.3 Å². The number of nitrogens with zero attached hydrogens (tertiary/aromatic N) is 1. The Labute approximate surface area is 148 Å². The first kappa shape index (κ1) is 17.3. The van der Waals surface area contributed by atoms with Crippen LogP contribution in [0.3, 0.4) is 0 Å². The van der Waals surface area contributed by atoms with E-state index in [2.05, 4.69) is 10.2 Å². The van der Waals surface area contributed by atoms with E-state index in [0.717, 1.165) is 25.2 Å². The van der Waals surface area contributed by atoms with Crippen LogP contribution < -0.4 is 10.1 Å². The Bertz CT molecular complexity index is 712. The largest absolute Gasteiger partial charge is 0.507 e. The second kappa shape index (κ2) is 8.03. The highest BCUT2D eigenvalue weighted by Gasteiger charge is 2.22. The molecule has 2 aromatic carbocycles. The monoisotopic (exact) mass is 340 g/mol. The molecule has 1 amide bonds. The summed E-state index contributed by atoms with van der Waals surface area (Å²) in [6.07, 6.45) is 2.41. The highest BCUT2D eigenvalue weighted by atomic mass is 16.5. The smallest absolute Gasteiger partial charge is 0.255 e. The molecule has 1 saturated heterocycles. The lowest BCUT2D eigenvalue weighted by atomic mass is 10.1. The van der Waals surface area contributed by atoms with E-state index in [1.807, 2.05) is 30.3 Å². The third kappa shape index (κ3) is 4.31. The van der Waals surface area contributed by atoms with Gasteiger partial charge in [-0.05, 0) is 43.6 Å². The summed E-state index contributed by atoms with van der Waals surface area (Å²) in [4.78, 5) is 15.1. The average Bonchev–Trinajstić information content (AvgIpc) is 3.14. The second-order valence-corrected chi connectivity index (χ2v) is 6.33. The summed E-state index contributed by atoms with van der Waals surface area (Å²) in [7, 11) is 1.52. The number of nitrogens with one attached hydrogen (secondary N) is 1. The number of hydrogen-bond donors (Lipinski definition) is 2. The van der Waals surface area contributed by atoms with Gasteiger partial charge in [-0.15, -0.1) is 0 Å². The maximum atomic E-state index is 12.7. The predicted molar refractivity (Wildman–Crippen MR) is 97.0 cm³/mol. The number of phenolic OH excluding ortho intramolecular Hbond substituents is 1. The highest BCUT2D eigenvalue weighted by Crippen LogP contribution is 2.25. The molecule has 1 atom stereocenters. The van der Waals surface area contributed by atoms with E-state index in [1.165, 1.54) is 26.0 Å². The fraction of sp³-hybridized carbons (Fsp3) is 0.350. The Hall–Kier alpha value is -2.53. The summed E-state index contributed by atoms with van der Waals surface area (Å²) in [5, 5.41) is 13.2. The van der Waals surface area contributed by atoms with Crippen molar-refractivity contribution >= 4 is 5.91 Å². The van der Waals surface area contributed by atoms with Gasteiger partial charge in [-0.2, -0.15) is 0 Å². The first-order valence-corrected chi connectivity index (χ1v) is 8.62. The number of carbonyl (C=O) groups excluding carboxylic acids is 1. The van der Waals surface area contributed by atoms with E-state index < -0.39 is 0 Å². The van der Waals surface area contributed by atoms with Crippen LogP contribution in [0.1, 0.15) is 34.8 Å². The van der Waals surface area contributed by atoms with Gasteiger partial charge >= 0.3 is 0 Å². The summed E-state index contributed by atoms with van der Waals surface area (Å²) in [6.45, 7) is 2.90. The van der Waals surface area contributed by atoms with Gasteiger partial charge in [-0.1, -0.05) is 30.3 Å². The van der Waals surface area contributed by atoms with Gasteiger partial charge in [0.15, 0.2) is 0 Å². The average molecular weight is 340 g/mol. The number of phenols is 1. The minimum Gasteiger partial charge on any atom is -0.507 e. The van der Waals surface area contributed by atoms with Crippen molar-refractivity contribution in [3.05, 3.63) is 59.7 Å². The summed E-state index contributed by atoms with van der Waals surface area (Å²) < 4.78 is 5.07. The molecule has 0 aromatic heterocycles. The van der Waals surface area contributed by atoms with E-state index in [1.54, 1.807) is 12.1 Å². The van der Waals surface area contributed by atoms with Crippen LogP contribution in [0.2, 0.25) is 0 Å². The lowest BCUT2D eigenvalue weighted by Gasteiger charge is -2.25. The van der Waals surface area contributed by atoms with Gasteiger partial charge in [0.05, 0.1) is 18.7 Å². The summed E-state index contributed by atoms with van der Waals surface area (Å²) in [5.41, 5.74) is 1.32. The molecule has 0 spiro atoms. The zero-order valence-corrected chi connectivity index (χ0v) is 14.4. The van der Waals surface area contributed by atoms with Crippen LogP contribution >= 0.6 is 0 Å². The Balaban J connectivity index is 1.78. The normalized spacial score (nSPS) is 15.7. The number of hydrogen-bond acceptors (Lipinski definition) is 4. The number of amides is 1. The number of benzene rings is 2. The minimum absolute atomic E-state index is 0.0789. The van der Waals surface area contributed by atoms with Gasteiger partial charge in [0.2, 0.25) is 0 Å². The maximum Gasteiger partial charge on any atom is 0.255 e. The molecule has 2 aromatic rings. The quantitative estimate of drug-likeness (QED) is 0.849. The molecule has 1 aliphatic heterocycles. The molecule has 1 unspecified atom stereocenters.